The number of ether oxygens (including phenoxy) is 2. The number of benzene rings is 2. The molecule has 2 aromatic carbocycles. The maximum absolute atomic E-state index is 14.2. The summed E-state index contributed by atoms with van der Waals surface area (Å²) in [5.41, 5.74) is 0.322. The van der Waals surface area contributed by atoms with Crippen molar-refractivity contribution in [2.45, 2.75) is 39.4 Å². The molecule has 0 spiro atoms. The molecule has 0 aromatic heterocycles. The van der Waals surface area contributed by atoms with Gasteiger partial charge >= 0.3 is 0 Å². The molecule has 0 heterocycles. The second-order valence-electron chi connectivity index (χ2n) is 6.89. The molecule has 2 aromatic rings. The number of para-hydroxylation sites is 2. The van der Waals surface area contributed by atoms with Crippen molar-refractivity contribution < 1.29 is 23.5 Å². The highest BCUT2D eigenvalue weighted by atomic mass is 19.1. The number of amides is 2. The van der Waals surface area contributed by atoms with Crippen molar-refractivity contribution in [3.63, 3.8) is 0 Å². The number of nitrogens with zero attached hydrogens (tertiary/aromatic N) is 1. The summed E-state index contributed by atoms with van der Waals surface area (Å²) in [6.45, 7) is 4.91. The summed E-state index contributed by atoms with van der Waals surface area (Å²) in [6.07, 6.45) is 0. The molecule has 0 saturated heterocycles. The summed E-state index contributed by atoms with van der Waals surface area (Å²) in [7, 11) is 1.51. The van der Waals surface area contributed by atoms with Crippen LogP contribution in [0.1, 0.15) is 26.3 Å². The lowest BCUT2D eigenvalue weighted by Crippen LogP contribution is -2.50. The fourth-order valence-corrected chi connectivity index (χ4v) is 2.76. The van der Waals surface area contributed by atoms with E-state index in [1.54, 1.807) is 49.4 Å². The maximum atomic E-state index is 14.2. The summed E-state index contributed by atoms with van der Waals surface area (Å²) in [5, 5.41) is 2.78. The van der Waals surface area contributed by atoms with Crippen LogP contribution in [-0.4, -0.2) is 42.5 Å². The Morgan fingerprint density at radius 1 is 1.03 bits per heavy atom. The molecule has 156 valence electrons. The van der Waals surface area contributed by atoms with E-state index < -0.39 is 17.8 Å². The largest absolute Gasteiger partial charge is 0.493 e. The number of methoxy groups -OCH3 is 1. The van der Waals surface area contributed by atoms with Gasteiger partial charge < -0.3 is 19.7 Å². The van der Waals surface area contributed by atoms with Gasteiger partial charge in [-0.05, 0) is 39.0 Å². The van der Waals surface area contributed by atoms with Crippen LogP contribution < -0.4 is 14.8 Å². The Bertz CT molecular complexity index is 841. The lowest BCUT2D eigenvalue weighted by Gasteiger charge is -2.29. The lowest BCUT2D eigenvalue weighted by molar-refractivity contribution is -0.142. The zero-order valence-electron chi connectivity index (χ0n) is 17.1. The van der Waals surface area contributed by atoms with Gasteiger partial charge in [-0.15, -0.1) is 0 Å². The predicted molar refractivity (Wildman–Crippen MR) is 108 cm³/mol. The van der Waals surface area contributed by atoms with Crippen LogP contribution >= 0.6 is 0 Å². The Labute approximate surface area is 170 Å². The third-order valence-electron chi connectivity index (χ3n) is 4.32. The second-order valence-corrected chi connectivity index (χ2v) is 6.89. The molecule has 6 nitrogen and oxygen atoms in total. The zero-order valence-corrected chi connectivity index (χ0v) is 17.1. The molecule has 7 heteroatoms. The Morgan fingerprint density at radius 3 is 2.28 bits per heavy atom. The van der Waals surface area contributed by atoms with Gasteiger partial charge in [0.15, 0.2) is 18.1 Å². The zero-order chi connectivity index (χ0) is 21.4. The van der Waals surface area contributed by atoms with E-state index in [4.69, 9.17) is 9.47 Å². The van der Waals surface area contributed by atoms with Crippen LogP contribution in [0.4, 0.5) is 4.39 Å². The summed E-state index contributed by atoms with van der Waals surface area (Å²) < 4.78 is 25.0. The Hall–Kier alpha value is -3.09. The maximum Gasteiger partial charge on any atom is 0.261 e. The number of carbonyl (C=O) groups is 2. The molecule has 0 unspecified atom stereocenters. The van der Waals surface area contributed by atoms with Crippen LogP contribution in [0.3, 0.4) is 0 Å². The van der Waals surface area contributed by atoms with E-state index in [0.717, 1.165) is 0 Å². The number of rotatable bonds is 9. The van der Waals surface area contributed by atoms with Gasteiger partial charge in [0.25, 0.3) is 5.91 Å². The first-order valence-electron chi connectivity index (χ1n) is 9.42. The van der Waals surface area contributed by atoms with Crippen LogP contribution in [-0.2, 0) is 16.1 Å². The molecule has 2 amide bonds. The number of hydrogen-bond acceptors (Lipinski definition) is 4. The minimum absolute atomic E-state index is 0.0481. The minimum Gasteiger partial charge on any atom is -0.493 e. The van der Waals surface area contributed by atoms with E-state index in [0.29, 0.717) is 17.1 Å². The standard InChI is InChI=1S/C22H27FN2O4/c1-15(2)24-22(27)16(3)25(13-17-9-5-6-10-18(17)23)21(26)14-29-20-12-8-7-11-19(20)28-4/h5-12,15-16H,13-14H2,1-4H3,(H,24,27)/t16-/m0/s1. The van der Waals surface area contributed by atoms with Gasteiger partial charge in [-0.1, -0.05) is 30.3 Å². The molecule has 1 N–H and O–H groups in total. The fourth-order valence-electron chi connectivity index (χ4n) is 2.76. The quantitative estimate of drug-likeness (QED) is 0.700. The lowest BCUT2D eigenvalue weighted by atomic mass is 10.1. The van der Waals surface area contributed by atoms with Crippen molar-refractivity contribution in [3.8, 4) is 11.5 Å². The van der Waals surface area contributed by atoms with E-state index in [1.807, 2.05) is 13.8 Å². The summed E-state index contributed by atoms with van der Waals surface area (Å²) in [4.78, 5) is 26.7. The minimum atomic E-state index is -0.800. The smallest absolute Gasteiger partial charge is 0.261 e. The molecule has 2 rings (SSSR count). The first-order valence-corrected chi connectivity index (χ1v) is 9.42. The summed E-state index contributed by atoms with van der Waals surface area (Å²) in [5.74, 6) is -0.292. The van der Waals surface area contributed by atoms with E-state index in [-0.39, 0.29) is 25.1 Å². The fraction of sp³-hybridized carbons (Fsp3) is 0.364. The third kappa shape index (κ3) is 6.20. The topological polar surface area (TPSA) is 67.9 Å². The molecule has 0 aliphatic heterocycles. The van der Waals surface area contributed by atoms with E-state index in [1.165, 1.54) is 18.1 Å². The van der Waals surface area contributed by atoms with Crippen LogP contribution in [0.2, 0.25) is 0 Å². The van der Waals surface area contributed by atoms with Gasteiger partial charge in [-0.25, -0.2) is 4.39 Å². The molecule has 1 atom stereocenters. The van der Waals surface area contributed by atoms with Crippen LogP contribution in [0.15, 0.2) is 48.5 Å². The van der Waals surface area contributed by atoms with Crippen molar-refractivity contribution in [1.82, 2.24) is 10.2 Å². The molecule has 0 bridgehead atoms. The molecule has 0 fully saturated rings. The average molecular weight is 402 g/mol. The molecular weight excluding hydrogens is 375 g/mol. The third-order valence-corrected chi connectivity index (χ3v) is 4.32. The number of nitrogens with one attached hydrogen (secondary N) is 1. The highest BCUT2D eigenvalue weighted by molar-refractivity contribution is 5.88. The number of halogens is 1. The van der Waals surface area contributed by atoms with Gasteiger partial charge in [0.05, 0.1) is 7.11 Å². The molecule has 0 radical (unpaired) electrons. The average Bonchev–Trinajstić information content (AvgIpc) is 2.70. The van der Waals surface area contributed by atoms with Gasteiger partial charge in [0, 0.05) is 18.2 Å². The SMILES string of the molecule is COc1ccccc1OCC(=O)N(Cc1ccccc1F)[C@@H](C)C(=O)NC(C)C. The Balaban J connectivity index is 2.19. The van der Waals surface area contributed by atoms with Gasteiger partial charge in [-0.2, -0.15) is 0 Å². The van der Waals surface area contributed by atoms with Crippen LogP contribution in [0.5, 0.6) is 11.5 Å². The van der Waals surface area contributed by atoms with Crippen molar-refractivity contribution in [3.05, 3.63) is 59.9 Å². The highest BCUT2D eigenvalue weighted by Gasteiger charge is 2.27. The molecule has 29 heavy (non-hydrogen) atoms. The van der Waals surface area contributed by atoms with E-state index >= 15 is 0 Å². The van der Waals surface area contributed by atoms with Gasteiger partial charge in [-0.3, -0.25) is 9.59 Å². The van der Waals surface area contributed by atoms with Crippen molar-refractivity contribution in [1.29, 1.82) is 0 Å². The van der Waals surface area contributed by atoms with Gasteiger partial charge in [0.1, 0.15) is 11.9 Å². The molecule has 0 aliphatic carbocycles. The second kappa shape index (κ2) is 10.5. The molecule has 0 saturated carbocycles. The van der Waals surface area contributed by atoms with Crippen molar-refractivity contribution in [2.24, 2.45) is 0 Å². The Morgan fingerprint density at radius 2 is 1.66 bits per heavy atom. The molecular formula is C22H27FN2O4. The van der Waals surface area contributed by atoms with Crippen LogP contribution in [0.25, 0.3) is 0 Å². The van der Waals surface area contributed by atoms with E-state index in [2.05, 4.69) is 5.32 Å². The van der Waals surface area contributed by atoms with Crippen LogP contribution in [0, 0.1) is 5.82 Å². The highest BCUT2D eigenvalue weighted by Crippen LogP contribution is 2.26. The monoisotopic (exact) mass is 402 g/mol. The summed E-state index contributed by atoms with van der Waals surface area (Å²) in [6, 6.07) is 12.2. The van der Waals surface area contributed by atoms with Crippen molar-refractivity contribution >= 4 is 11.8 Å². The number of hydrogen-bond donors (Lipinski definition) is 1. The first kappa shape index (κ1) is 22.2. The molecule has 0 aliphatic rings. The van der Waals surface area contributed by atoms with Gasteiger partial charge in [0.2, 0.25) is 5.91 Å². The number of carbonyl (C=O) groups excluding carboxylic acids is 2. The Kier molecular flexibility index (Phi) is 8.00. The first-order chi connectivity index (χ1) is 13.8. The predicted octanol–water partition coefficient (Wildman–Crippen LogP) is 3.16. The van der Waals surface area contributed by atoms with E-state index in [9.17, 15) is 14.0 Å². The van der Waals surface area contributed by atoms with Crippen molar-refractivity contribution in [2.75, 3.05) is 13.7 Å². The normalized spacial score (nSPS) is 11.7. The summed E-state index contributed by atoms with van der Waals surface area (Å²) >= 11 is 0.